The quantitative estimate of drug-likeness (QED) is 0.437. The summed E-state index contributed by atoms with van der Waals surface area (Å²) in [5.74, 6) is -0.305. The zero-order chi connectivity index (χ0) is 20.3. The van der Waals surface area contributed by atoms with Crippen molar-refractivity contribution in [3.05, 3.63) is 73.3 Å². The minimum Gasteiger partial charge on any atom is -0.497 e. The van der Waals surface area contributed by atoms with Crippen molar-refractivity contribution in [2.75, 3.05) is 7.11 Å². The molecule has 0 aliphatic heterocycles. The fourth-order valence-electron chi connectivity index (χ4n) is 2.93. The van der Waals surface area contributed by atoms with Gasteiger partial charge in [0.1, 0.15) is 5.75 Å². The molecule has 0 amide bonds. The second-order valence-corrected chi connectivity index (χ2v) is 6.05. The zero-order valence-corrected chi connectivity index (χ0v) is 14.8. The molecule has 0 radical (unpaired) electrons. The number of non-ortho nitro benzene ring substituents is 2. The van der Waals surface area contributed by atoms with Crippen molar-refractivity contribution in [1.29, 1.82) is 0 Å². The maximum Gasteiger partial charge on any atom is 0.366 e. The van der Waals surface area contributed by atoms with E-state index in [0.717, 1.165) is 42.2 Å². The second-order valence-electron chi connectivity index (χ2n) is 6.05. The molecule has 3 rings (SSSR count). The normalized spacial score (nSPS) is 14.2. The first-order valence-electron chi connectivity index (χ1n) is 8.28. The van der Waals surface area contributed by atoms with E-state index in [2.05, 4.69) is 5.16 Å². The SMILES string of the molecule is COc1ccc2c(c1)CCC/C2=N/OC(=O)c1cc([N+](=O)[O-])cc([N+](=O)[O-])c1. The van der Waals surface area contributed by atoms with Crippen molar-refractivity contribution in [3.63, 3.8) is 0 Å². The van der Waals surface area contributed by atoms with E-state index in [4.69, 9.17) is 9.57 Å². The topological polar surface area (TPSA) is 134 Å². The van der Waals surface area contributed by atoms with E-state index in [9.17, 15) is 25.0 Å². The van der Waals surface area contributed by atoms with Crippen molar-refractivity contribution in [2.45, 2.75) is 19.3 Å². The number of ether oxygens (including phenoxy) is 1. The predicted octanol–water partition coefficient (Wildman–Crippen LogP) is 3.41. The van der Waals surface area contributed by atoms with E-state index in [0.29, 0.717) is 17.9 Å². The molecule has 2 aromatic carbocycles. The van der Waals surface area contributed by atoms with Gasteiger partial charge in [-0.05, 0) is 43.0 Å². The Morgan fingerprint density at radius 2 is 1.71 bits per heavy atom. The largest absolute Gasteiger partial charge is 0.497 e. The van der Waals surface area contributed by atoms with Crippen molar-refractivity contribution in [2.24, 2.45) is 5.16 Å². The predicted molar refractivity (Wildman–Crippen MR) is 97.6 cm³/mol. The molecule has 0 aromatic heterocycles. The highest BCUT2D eigenvalue weighted by Crippen LogP contribution is 2.27. The van der Waals surface area contributed by atoms with E-state index in [-0.39, 0.29) is 5.56 Å². The molecule has 0 saturated heterocycles. The fourth-order valence-corrected chi connectivity index (χ4v) is 2.93. The number of nitro benzene ring substituents is 2. The van der Waals surface area contributed by atoms with Crippen LogP contribution in [0.25, 0.3) is 0 Å². The van der Waals surface area contributed by atoms with Crippen LogP contribution in [0.3, 0.4) is 0 Å². The lowest BCUT2D eigenvalue weighted by atomic mass is 9.90. The number of nitrogens with zero attached hydrogens (tertiary/aromatic N) is 3. The maximum atomic E-state index is 12.3. The molecule has 10 nitrogen and oxygen atoms in total. The van der Waals surface area contributed by atoms with Gasteiger partial charge in [0.15, 0.2) is 0 Å². The van der Waals surface area contributed by atoms with Crippen LogP contribution in [0.5, 0.6) is 5.75 Å². The molecule has 2 aromatic rings. The average Bonchev–Trinajstić information content (AvgIpc) is 2.70. The molecule has 0 fully saturated rings. The minimum atomic E-state index is -1.01. The van der Waals surface area contributed by atoms with Gasteiger partial charge in [0, 0.05) is 17.7 Å². The molecule has 1 aliphatic rings. The van der Waals surface area contributed by atoms with Crippen LogP contribution in [0, 0.1) is 20.2 Å². The number of benzene rings is 2. The molecule has 0 unspecified atom stereocenters. The number of methoxy groups -OCH3 is 1. The molecule has 144 valence electrons. The van der Waals surface area contributed by atoms with Crippen LogP contribution in [-0.4, -0.2) is 28.6 Å². The summed E-state index contributed by atoms with van der Waals surface area (Å²) in [5, 5.41) is 25.8. The van der Waals surface area contributed by atoms with Crippen LogP contribution < -0.4 is 4.74 Å². The van der Waals surface area contributed by atoms with Gasteiger partial charge in [0.25, 0.3) is 11.4 Å². The Balaban J connectivity index is 1.87. The first kappa shape index (κ1) is 19.0. The summed E-state index contributed by atoms with van der Waals surface area (Å²) in [6.07, 6.45) is 2.22. The molecule has 0 atom stereocenters. The third kappa shape index (κ3) is 3.95. The Labute approximate surface area is 158 Å². The summed E-state index contributed by atoms with van der Waals surface area (Å²) in [4.78, 5) is 37.4. The Hall–Kier alpha value is -3.82. The highest BCUT2D eigenvalue weighted by molar-refractivity contribution is 6.03. The Bertz CT molecular complexity index is 968. The monoisotopic (exact) mass is 385 g/mol. The Kier molecular flexibility index (Phi) is 5.30. The summed E-state index contributed by atoms with van der Waals surface area (Å²) in [5.41, 5.74) is 0.900. The van der Waals surface area contributed by atoms with Gasteiger partial charge in [-0.25, -0.2) is 4.79 Å². The summed E-state index contributed by atoms with van der Waals surface area (Å²) in [6, 6.07) is 8.07. The standard InChI is InChI=1S/C18H15N3O7/c1-27-15-5-6-16-11(9-15)3-2-4-17(16)19-28-18(22)12-7-13(20(23)24)10-14(8-12)21(25)26/h5-10H,2-4H2,1H3/b19-17-. The lowest BCUT2D eigenvalue weighted by Gasteiger charge is -2.17. The minimum absolute atomic E-state index is 0.323. The number of nitro groups is 2. The van der Waals surface area contributed by atoms with Gasteiger partial charge in [-0.2, -0.15) is 0 Å². The molecule has 28 heavy (non-hydrogen) atoms. The second kappa shape index (κ2) is 7.82. The fraction of sp³-hybridized carbons (Fsp3) is 0.222. The number of aryl methyl sites for hydroxylation is 1. The van der Waals surface area contributed by atoms with Crippen molar-refractivity contribution < 1.29 is 24.2 Å². The van der Waals surface area contributed by atoms with E-state index in [1.54, 1.807) is 13.2 Å². The Morgan fingerprint density at radius 1 is 1.04 bits per heavy atom. The molecule has 1 aliphatic carbocycles. The zero-order valence-electron chi connectivity index (χ0n) is 14.8. The van der Waals surface area contributed by atoms with Gasteiger partial charge in [-0.15, -0.1) is 0 Å². The third-order valence-electron chi connectivity index (χ3n) is 4.28. The van der Waals surface area contributed by atoms with Gasteiger partial charge < -0.3 is 9.57 Å². The number of carbonyl (C=O) groups is 1. The van der Waals surface area contributed by atoms with E-state index in [1.165, 1.54) is 0 Å². The highest BCUT2D eigenvalue weighted by Gasteiger charge is 2.22. The third-order valence-corrected chi connectivity index (χ3v) is 4.28. The lowest BCUT2D eigenvalue weighted by molar-refractivity contribution is -0.394. The molecular formula is C18H15N3O7. The van der Waals surface area contributed by atoms with Crippen LogP contribution >= 0.6 is 0 Å². The summed E-state index contributed by atoms with van der Waals surface area (Å²) < 4.78 is 5.20. The summed E-state index contributed by atoms with van der Waals surface area (Å²) >= 11 is 0. The highest BCUT2D eigenvalue weighted by atomic mass is 16.7. The number of hydrogen-bond acceptors (Lipinski definition) is 8. The number of hydrogen-bond donors (Lipinski definition) is 0. The van der Waals surface area contributed by atoms with E-state index in [1.807, 2.05) is 12.1 Å². The molecule has 0 heterocycles. The number of fused-ring (bicyclic) bond motifs is 1. The molecule has 10 heteroatoms. The first-order valence-corrected chi connectivity index (χ1v) is 8.28. The number of carbonyl (C=O) groups excluding carboxylic acids is 1. The molecule has 0 N–H and O–H groups in total. The first-order chi connectivity index (χ1) is 13.4. The summed E-state index contributed by atoms with van der Waals surface area (Å²) in [7, 11) is 1.57. The maximum absolute atomic E-state index is 12.3. The van der Waals surface area contributed by atoms with Crippen LogP contribution in [0.15, 0.2) is 41.6 Å². The molecule has 0 spiro atoms. The summed E-state index contributed by atoms with van der Waals surface area (Å²) in [6.45, 7) is 0. The van der Waals surface area contributed by atoms with Gasteiger partial charge >= 0.3 is 5.97 Å². The van der Waals surface area contributed by atoms with E-state index >= 15 is 0 Å². The smallest absolute Gasteiger partial charge is 0.366 e. The van der Waals surface area contributed by atoms with Crippen molar-refractivity contribution >= 4 is 23.1 Å². The van der Waals surface area contributed by atoms with Crippen LogP contribution in [0.1, 0.15) is 34.3 Å². The average molecular weight is 385 g/mol. The molecular weight excluding hydrogens is 370 g/mol. The van der Waals surface area contributed by atoms with Crippen LogP contribution in [-0.2, 0) is 11.3 Å². The van der Waals surface area contributed by atoms with Gasteiger partial charge in [-0.1, -0.05) is 5.16 Å². The molecule has 0 saturated carbocycles. The van der Waals surface area contributed by atoms with Gasteiger partial charge in [-0.3, -0.25) is 20.2 Å². The number of rotatable bonds is 5. The lowest BCUT2D eigenvalue weighted by Crippen LogP contribution is -2.14. The van der Waals surface area contributed by atoms with Gasteiger partial charge in [0.05, 0.1) is 34.3 Å². The van der Waals surface area contributed by atoms with E-state index < -0.39 is 27.2 Å². The number of oxime groups is 1. The van der Waals surface area contributed by atoms with Crippen molar-refractivity contribution in [1.82, 2.24) is 0 Å². The van der Waals surface area contributed by atoms with Crippen LogP contribution in [0.2, 0.25) is 0 Å². The van der Waals surface area contributed by atoms with Gasteiger partial charge in [0.2, 0.25) is 0 Å². The molecule has 0 bridgehead atoms. The van der Waals surface area contributed by atoms with Crippen LogP contribution in [0.4, 0.5) is 11.4 Å². The Morgan fingerprint density at radius 3 is 2.32 bits per heavy atom. The van der Waals surface area contributed by atoms with Crippen molar-refractivity contribution in [3.8, 4) is 5.75 Å².